The first-order valence-corrected chi connectivity index (χ1v) is 10.6. The number of amides is 1. The highest BCUT2D eigenvalue weighted by molar-refractivity contribution is 6.09. The van der Waals surface area contributed by atoms with Gasteiger partial charge in [0, 0.05) is 30.7 Å². The maximum Gasteiger partial charge on any atom is 0.255 e. The zero-order valence-electron chi connectivity index (χ0n) is 18.6. The van der Waals surface area contributed by atoms with Crippen molar-refractivity contribution < 1.29 is 9.53 Å². The lowest BCUT2D eigenvalue weighted by molar-refractivity contribution is 0.0940. The number of hydrogen-bond donors (Lipinski definition) is 1. The number of nitrogens with one attached hydrogen (secondary N) is 1. The molecule has 0 aliphatic carbocycles. The molecule has 5 nitrogen and oxygen atoms in total. The Morgan fingerprint density at radius 1 is 1.03 bits per heavy atom. The molecule has 1 unspecified atom stereocenters. The first-order valence-electron chi connectivity index (χ1n) is 10.6. The van der Waals surface area contributed by atoms with Crippen molar-refractivity contribution in [3.05, 3.63) is 78.0 Å². The van der Waals surface area contributed by atoms with Gasteiger partial charge in [-0.3, -0.25) is 4.79 Å². The van der Waals surface area contributed by atoms with E-state index in [0.717, 1.165) is 10.8 Å². The van der Waals surface area contributed by atoms with E-state index < -0.39 is 0 Å². The number of aromatic nitrogens is 1. The normalized spacial score (nSPS) is 12.4. The smallest absolute Gasteiger partial charge is 0.255 e. The summed E-state index contributed by atoms with van der Waals surface area (Å²) in [6.07, 6.45) is 2.16. The second-order valence-corrected chi connectivity index (χ2v) is 7.99. The number of para-hydroxylation sites is 1. The van der Waals surface area contributed by atoms with Crippen LogP contribution >= 0.6 is 0 Å². The molecule has 31 heavy (non-hydrogen) atoms. The van der Waals surface area contributed by atoms with Crippen LogP contribution in [0.2, 0.25) is 0 Å². The van der Waals surface area contributed by atoms with Gasteiger partial charge in [0.05, 0.1) is 18.2 Å². The van der Waals surface area contributed by atoms with E-state index in [9.17, 15) is 4.79 Å². The van der Waals surface area contributed by atoms with Crippen LogP contribution in [0.3, 0.4) is 0 Å². The maximum absolute atomic E-state index is 13.4. The molecule has 3 aromatic carbocycles. The predicted molar refractivity (Wildman–Crippen MR) is 127 cm³/mol. The molecule has 1 heterocycles. The van der Waals surface area contributed by atoms with Crippen molar-refractivity contribution in [2.45, 2.75) is 13.0 Å². The van der Waals surface area contributed by atoms with E-state index in [1.54, 1.807) is 0 Å². The minimum Gasteiger partial charge on any atom is -0.493 e. The van der Waals surface area contributed by atoms with E-state index in [0.29, 0.717) is 24.5 Å². The van der Waals surface area contributed by atoms with Crippen LogP contribution in [0.25, 0.3) is 21.7 Å². The van der Waals surface area contributed by atoms with Crippen molar-refractivity contribution in [2.24, 2.45) is 7.05 Å². The van der Waals surface area contributed by atoms with Gasteiger partial charge in [-0.15, -0.1) is 0 Å². The summed E-state index contributed by atoms with van der Waals surface area (Å²) in [5.41, 5.74) is 2.98. The molecule has 0 bridgehead atoms. The number of carbonyl (C=O) groups is 1. The number of benzene rings is 3. The van der Waals surface area contributed by atoms with Gasteiger partial charge in [-0.05, 0) is 49.5 Å². The lowest BCUT2D eigenvalue weighted by Crippen LogP contribution is -2.34. The third-order valence-corrected chi connectivity index (χ3v) is 5.78. The lowest BCUT2D eigenvalue weighted by atomic mass is 10.0. The zero-order valence-corrected chi connectivity index (χ0v) is 18.6. The third-order valence-electron chi connectivity index (χ3n) is 5.78. The van der Waals surface area contributed by atoms with Gasteiger partial charge in [0.25, 0.3) is 5.91 Å². The van der Waals surface area contributed by atoms with Crippen molar-refractivity contribution in [3.8, 4) is 5.75 Å². The second kappa shape index (κ2) is 8.82. The standard InChI is InChI=1S/C26H29N3O2/c1-5-31-24-15-14-18-10-6-7-11-19(18)25(24)26(30)27-16-23(28(2)3)21-17-29(4)22-13-9-8-12-20(21)22/h6-15,17,23H,5,16H2,1-4H3,(H,27,30). The molecule has 4 rings (SSSR count). The number of aryl methyl sites for hydroxylation is 1. The number of rotatable bonds is 7. The third kappa shape index (κ3) is 4.01. The van der Waals surface area contributed by atoms with Crippen molar-refractivity contribution in [3.63, 3.8) is 0 Å². The summed E-state index contributed by atoms with van der Waals surface area (Å²) in [6.45, 7) is 2.93. The van der Waals surface area contributed by atoms with Crippen LogP contribution in [0.5, 0.6) is 5.75 Å². The Balaban J connectivity index is 1.66. The van der Waals surface area contributed by atoms with Crippen molar-refractivity contribution in [1.29, 1.82) is 0 Å². The van der Waals surface area contributed by atoms with Gasteiger partial charge in [0.15, 0.2) is 0 Å². The fraction of sp³-hybridized carbons (Fsp3) is 0.269. The zero-order chi connectivity index (χ0) is 22.0. The Hall–Kier alpha value is -3.31. The van der Waals surface area contributed by atoms with Gasteiger partial charge in [-0.25, -0.2) is 0 Å². The summed E-state index contributed by atoms with van der Waals surface area (Å²) in [5, 5.41) is 6.30. The Morgan fingerprint density at radius 3 is 2.48 bits per heavy atom. The topological polar surface area (TPSA) is 46.5 Å². The van der Waals surface area contributed by atoms with Crippen LogP contribution in [-0.2, 0) is 7.05 Å². The molecule has 4 aromatic rings. The average Bonchev–Trinajstić information content (AvgIpc) is 3.10. The van der Waals surface area contributed by atoms with Crippen LogP contribution in [0.4, 0.5) is 0 Å². The molecular formula is C26H29N3O2. The molecule has 160 valence electrons. The van der Waals surface area contributed by atoms with E-state index in [1.807, 2.05) is 63.5 Å². The van der Waals surface area contributed by atoms with E-state index in [4.69, 9.17) is 4.74 Å². The van der Waals surface area contributed by atoms with Gasteiger partial charge in [-0.1, -0.05) is 48.5 Å². The Labute approximate surface area is 183 Å². The molecule has 0 saturated heterocycles. The summed E-state index contributed by atoms with van der Waals surface area (Å²) >= 11 is 0. The van der Waals surface area contributed by atoms with E-state index >= 15 is 0 Å². The molecule has 0 radical (unpaired) electrons. The van der Waals surface area contributed by atoms with Gasteiger partial charge < -0.3 is 19.5 Å². The highest BCUT2D eigenvalue weighted by atomic mass is 16.5. The molecule has 1 aromatic heterocycles. The first-order chi connectivity index (χ1) is 15.0. The van der Waals surface area contributed by atoms with Crippen LogP contribution in [0.1, 0.15) is 28.9 Å². The largest absolute Gasteiger partial charge is 0.493 e. The highest BCUT2D eigenvalue weighted by Crippen LogP contribution is 2.30. The number of nitrogens with zero attached hydrogens (tertiary/aromatic N) is 2. The molecule has 0 spiro atoms. The minimum atomic E-state index is -0.118. The highest BCUT2D eigenvalue weighted by Gasteiger charge is 2.22. The van der Waals surface area contributed by atoms with E-state index in [-0.39, 0.29) is 11.9 Å². The summed E-state index contributed by atoms with van der Waals surface area (Å²) in [5.74, 6) is 0.498. The number of fused-ring (bicyclic) bond motifs is 2. The molecule has 0 fully saturated rings. The Bertz CT molecular complexity index is 1230. The summed E-state index contributed by atoms with van der Waals surface area (Å²) in [7, 11) is 6.14. The molecule has 1 atom stereocenters. The predicted octanol–water partition coefficient (Wildman–Crippen LogP) is 4.76. The first kappa shape index (κ1) is 20.9. The lowest BCUT2D eigenvalue weighted by Gasteiger charge is -2.25. The van der Waals surface area contributed by atoms with Crippen molar-refractivity contribution in [2.75, 3.05) is 27.2 Å². The summed E-state index contributed by atoms with van der Waals surface area (Å²) in [6, 6.07) is 20.2. The van der Waals surface area contributed by atoms with Gasteiger partial charge in [-0.2, -0.15) is 0 Å². The molecule has 0 aliphatic heterocycles. The second-order valence-electron chi connectivity index (χ2n) is 7.99. The monoisotopic (exact) mass is 415 g/mol. The van der Waals surface area contributed by atoms with Crippen molar-refractivity contribution >= 4 is 27.6 Å². The summed E-state index contributed by atoms with van der Waals surface area (Å²) in [4.78, 5) is 15.5. The van der Waals surface area contributed by atoms with E-state index in [2.05, 4.69) is 46.2 Å². The van der Waals surface area contributed by atoms with Crippen LogP contribution in [0, 0.1) is 0 Å². The van der Waals surface area contributed by atoms with Gasteiger partial charge in [0.1, 0.15) is 5.75 Å². The maximum atomic E-state index is 13.4. The molecular weight excluding hydrogens is 386 g/mol. The quantitative estimate of drug-likeness (QED) is 0.473. The number of hydrogen-bond acceptors (Lipinski definition) is 3. The van der Waals surface area contributed by atoms with Gasteiger partial charge >= 0.3 is 0 Å². The Kier molecular flexibility index (Phi) is 5.96. The van der Waals surface area contributed by atoms with Crippen LogP contribution in [0.15, 0.2) is 66.9 Å². The SMILES string of the molecule is CCOc1ccc2ccccc2c1C(=O)NCC(c1cn(C)c2ccccc12)N(C)C. The molecule has 1 N–H and O–H groups in total. The average molecular weight is 416 g/mol. The molecule has 0 saturated carbocycles. The number of carbonyl (C=O) groups excluding carboxylic acids is 1. The minimum absolute atomic E-state index is 0.0422. The van der Waals surface area contributed by atoms with Crippen LogP contribution < -0.4 is 10.1 Å². The number of likely N-dealkylation sites (N-methyl/N-ethyl adjacent to an activating group) is 1. The fourth-order valence-electron chi connectivity index (χ4n) is 4.25. The molecule has 1 amide bonds. The van der Waals surface area contributed by atoms with Gasteiger partial charge in [0.2, 0.25) is 0 Å². The summed E-state index contributed by atoms with van der Waals surface area (Å²) < 4.78 is 7.93. The molecule has 5 heteroatoms. The fourth-order valence-corrected chi connectivity index (χ4v) is 4.25. The van der Waals surface area contributed by atoms with Crippen LogP contribution in [-0.4, -0.2) is 42.6 Å². The molecule has 0 aliphatic rings. The van der Waals surface area contributed by atoms with E-state index in [1.165, 1.54) is 16.5 Å². The van der Waals surface area contributed by atoms with Crippen molar-refractivity contribution in [1.82, 2.24) is 14.8 Å². The Morgan fingerprint density at radius 2 is 1.74 bits per heavy atom. The number of ether oxygens (including phenoxy) is 1.